The molecule has 0 atom stereocenters. The molecule has 0 aliphatic carbocycles. The van der Waals surface area contributed by atoms with E-state index in [0.29, 0.717) is 5.57 Å². The van der Waals surface area contributed by atoms with E-state index < -0.39 is 0 Å². The number of hydrogen-bond acceptors (Lipinski definition) is 2. The van der Waals surface area contributed by atoms with E-state index in [2.05, 4.69) is 13.6 Å². The van der Waals surface area contributed by atoms with Crippen LogP contribution in [0.3, 0.4) is 0 Å². The van der Waals surface area contributed by atoms with Crippen molar-refractivity contribution in [2.24, 2.45) is 0 Å². The van der Waals surface area contributed by atoms with Crippen molar-refractivity contribution in [2.45, 2.75) is 6.92 Å². The van der Waals surface area contributed by atoms with Crippen LogP contribution in [0.2, 0.25) is 0 Å². The molecule has 0 radical (unpaired) electrons. The summed E-state index contributed by atoms with van der Waals surface area (Å²) in [5.74, 6) is 0. The number of carbonyl (C=O) groups excluding carboxylic acids is 1. The zero-order valence-electron chi connectivity index (χ0n) is 6.85. The van der Waals surface area contributed by atoms with Crippen LogP contribution in [-0.4, -0.2) is 25.3 Å². The second-order valence-electron chi connectivity index (χ2n) is 1.96. The fourth-order valence-electron chi connectivity index (χ4n) is 0. The molecule has 54 valence electrons. The largest absolute Gasteiger partial charge is 3.00 e. The molecule has 0 aromatic rings. The van der Waals surface area contributed by atoms with Gasteiger partial charge in [0.15, 0.2) is 0 Å². The van der Waals surface area contributed by atoms with E-state index in [0.717, 1.165) is 0 Å². The van der Waals surface area contributed by atoms with Crippen LogP contribution in [0.25, 0.3) is 0 Å². The molecule has 0 fully saturated rings. The number of nitrogens with zero attached hydrogens (tertiary/aromatic N) is 1. The minimum atomic E-state index is 0. The smallest absolute Gasteiger partial charge is 0.464 e. The van der Waals surface area contributed by atoms with Crippen molar-refractivity contribution in [3.63, 3.8) is 0 Å². The van der Waals surface area contributed by atoms with Gasteiger partial charge in [-0.15, -0.1) is 0 Å². The molecule has 0 heterocycles. The molecule has 0 spiro atoms. The van der Waals surface area contributed by atoms with E-state index in [1.165, 1.54) is 0 Å². The molecule has 0 N–H and O–H groups in total. The molecule has 0 aromatic carbocycles. The van der Waals surface area contributed by atoms with Crippen LogP contribution >= 0.6 is 0 Å². The molecule has 3 heteroatoms. The molecule has 0 aliphatic heterocycles. The van der Waals surface area contributed by atoms with E-state index >= 15 is 0 Å². The number of hydrogen-bond donors (Lipinski definition) is 0. The van der Waals surface area contributed by atoms with Crippen molar-refractivity contribution >= 4 is 6.29 Å². The molecule has 0 saturated carbocycles. The molecule has 10 heavy (non-hydrogen) atoms. The maximum absolute atomic E-state index is 9.28. The summed E-state index contributed by atoms with van der Waals surface area (Å²) in [5.41, 5.74) is 0.449. The first-order chi connectivity index (χ1) is 4.00. The Hall–Kier alpha value is 0.474. The van der Waals surface area contributed by atoms with E-state index in [1.807, 2.05) is 14.1 Å². The maximum atomic E-state index is 9.28. The third-order valence-corrected chi connectivity index (χ3v) is 0.174. The van der Waals surface area contributed by atoms with Crippen molar-refractivity contribution in [1.29, 1.82) is 0 Å². The molecule has 0 saturated heterocycles. The first kappa shape index (κ1) is 16.8. The van der Waals surface area contributed by atoms with Gasteiger partial charge in [0, 0.05) is 0 Å². The monoisotopic (exact) mass is 216 g/mol. The van der Waals surface area contributed by atoms with Gasteiger partial charge in [-0.3, -0.25) is 7.05 Å². The van der Waals surface area contributed by atoms with Crippen LogP contribution in [0.4, 0.5) is 0 Å². The molecule has 2 nitrogen and oxygen atoms in total. The Kier molecular flexibility index (Phi) is 20.5. The van der Waals surface area contributed by atoms with E-state index in [9.17, 15) is 4.79 Å². The third kappa shape index (κ3) is 77.3. The fraction of sp³-hybridized carbons (Fsp3) is 0.429. The number of allylic oxidation sites excluding steroid dienone is 1. The Morgan fingerprint density at radius 3 is 1.70 bits per heavy atom. The molecule has 0 aliphatic rings. The predicted octanol–water partition coefficient (Wildman–Crippen LogP) is 1.01. The van der Waals surface area contributed by atoms with Crippen molar-refractivity contribution in [3.05, 3.63) is 19.2 Å². The fourth-order valence-corrected chi connectivity index (χ4v) is 0. The maximum Gasteiger partial charge on any atom is 3.00 e. The van der Waals surface area contributed by atoms with Gasteiger partial charge >= 0.3 is 32.7 Å². The van der Waals surface area contributed by atoms with Gasteiger partial charge in [0.1, 0.15) is 0 Å². The van der Waals surface area contributed by atoms with Crippen molar-refractivity contribution in [1.82, 2.24) is 4.90 Å². The van der Waals surface area contributed by atoms with Gasteiger partial charge in [-0.2, -0.15) is 5.57 Å². The van der Waals surface area contributed by atoms with Gasteiger partial charge in [0.05, 0.1) is 0 Å². The average Bonchev–Trinajstić information content (AvgIpc) is 1.65. The Bertz CT molecular complexity index is 88.9. The Labute approximate surface area is 88.6 Å². The van der Waals surface area contributed by atoms with Crippen LogP contribution in [0.5, 0.6) is 0 Å². The average molecular weight is 216 g/mol. The normalized spacial score (nSPS) is 6.90. The van der Waals surface area contributed by atoms with Crippen LogP contribution in [-0.2, 0) is 37.5 Å². The van der Waals surface area contributed by atoms with Gasteiger partial charge in [-0.25, -0.2) is 6.58 Å². The van der Waals surface area contributed by atoms with Crippen molar-refractivity contribution in [3.8, 4) is 0 Å². The summed E-state index contributed by atoms with van der Waals surface area (Å²) in [7, 11) is 7.25. The second-order valence-corrected chi connectivity index (χ2v) is 1.96. The summed E-state index contributed by atoms with van der Waals surface area (Å²) >= 11 is 0. The van der Waals surface area contributed by atoms with Crippen LogP contribution < -0.4 is 0 Å². The summed E-state index contributed by atoms with van der Waals surface area (Å²) in [6, 6.07) is 0. The van der Waals surface area contributed by atoms with E-state index in [-0.39, 0.29) is 32.7 Å². The van der Waals surface area contributed by atoms with Gasteiger partial charge in [0.25, 0.3) is 0 Å². The minimum Gasteiger partial charge on any atom is -0.464 e. The SMILES string of the molecule is C=C(C)[C-]=O.[CH2-]N(C)C.[Y+3]. The summed E-state index contributed by atoms with van der Waals surface area (Å²) in [4.78, 5) is 11.0. The van der Waals surface area contributed by atoms with Crippen LogP contribution in [0.1, 0.15) is 6.92 Å². The second kappa shape index (κ2) is 12.2. The molecule has 0 aromatic heterocycles. The van der Waals surface area contributed by atoms with Gasteiger partial charge in [-0.05, 0) is 20.4 Å². The van der Waals surface area contributed by atoms with Crippen LogP contribution in [0, 0.1) is 7.05 Å². The van der Waals surface area contributed by atoms with Gasteiger partial charge in [-0.1, -0.05) is 6.92 Å². The Morgan fingerprint density at radius 2 is 1.70 bits per heavy atom. The Balaban J connectivity index is -0.0000000910. The molecule has 0 unspecified atom stereocenters. The van der Waals surface area contributed by atoms with Gasteiger partial charge in [0.2, 0.25) is 0 Å². The number of rotatable bonds is 1. The van der Waals surface area contributed by atoms with Crippen LogP contribution in [0.15, 0.2) is 12.2 Å². The van der Waals surface area contributed by atoms with Gasteiger partial charge < -0.3 is 9.69 Å². The molecule has 0 bridgehead atoms. The first-order valence-electron chi connectivity index (χ1n) is 2.52. The summed E-state index contributed by atoms with van der Waals surface area (Å²) in [6.07, 6.45) is 1.58. The van der Waals surface area contributed by atoms with Crippen molar-refractivity contribution in [2.75, 3.05) is 14.1 Å². The zero-order valence-corrected chi connectivity index (χ0v) is 9.69. The van der Waals surface area contributed by atoms with Crippen molar-refractivity contribution < 1.29 is 37.5 Å². The summed E-state index contributed by atoms with van der Waals surface area (Å²) < 4.78 is 0. The molecule has 0 rings (SSSR count). The van der Waals surface area contributed by atoms with E-state index in [1.54, 1.807) is 18.1 Å². The standard InChI is InChI=1S/C4H5O.C3H8N.Y/c1-4(2)3-5;1-4(2)3;/h1H2,2H3;1H2,2-3H3;/q2*-1;+3. The third-order valence-electron chi connectivity index (χ3n) is 0.174. The van der Waals surface area contributed by atoms with E-state index in [4.69, 9.17) is 0 Å². The molecular weight excluding hydrogens is 203 g/mol. The summed E-state index contributed by atoms with van der Waals surface area (Å²) in [5, 5.41) is 0. The summed E-state index contributed by atoms with van der Waals surface area (Å²) in [6.45, 7) is 4.85. The quantitative estimate of drug-likeness (QED) is 0.481. The molecular formula is C7H13NOY+. The topological polar surface area (TPSA) is 20.3 Å². The minimum absolute atomic E-state index is 0. The first-order valence-corrected chi connectivity index (χ1v) is 2.52. The molecule has 0 amide bonds. The predicted molar refractivity (Wildman–Crippen MR) is 39.6 cm³/mol. The Morgan fingerprint density at radius 1 is 1.60 bits per heavy atom. The zero-order chi connectivity index (χ0) is 7.86.